The van der Waals surface area contributed by atoms with Gasteiger partial charge >= 0.3 is 17.9 Å². The van der Waals surface area contributed by atoms with E-state index in [2.05, 4.69) is 20.8 Å². The summed E-state index contributed by atoms with van der Waals surface area (Å²) in [6, 6.07) is 0. The number of hydrogen-bond acceptors (Lipinski definition) is 3. The molecule has 0 aromatic heterocycles. The largest absolute Gasteiger partial charge is 0.481 e. The highest BCUT2D eigenvalue weighted by Gasteiger charge is 1.96. The van der Waals surface area contributed by atoms with Gasteiger partial charge in [0.15, 0.2) is 0 Å². The van der Waals surface area contributed by atoms with Gasteiger partial charge in [-0.05, 0) is 19.3 Å². The zero-order chi connectivity index (χ0) is 24.2. The van der Waals surface area contributed by atoms with Crippen LogP contribution in [-0.2, 0) is 14.4 Å². The second-order valence-electron chi connectivity index (χ2n) is 8.03. The van der Waals surface area contributed by atoms with Crippen LogP contribution in [0.4, 0.5) is 0 Å². The van der Waals surface area contributed by atoms with Gasteiger partial charge in [-0.2, -0.15) is 0 Å². The maximum atomic E-state index is 10.1. The molecule has 31 heavy (non-hydrogen) atoms. The zero-order valence-corrected chi connectivity index (χ0v) is 20.5. The van der Waals surface area contributed by atoms with Gasteiger partial charge < -0.3 is 15.3 Å². The molecule has 0 aliphatic heterocycles. The van der Waals surface area contributed by atoms with E-state index < -0.39 is 17.9 Å². The average Bonchev–Trinajstić information content (AvgIpc) is 2.71. The molecule has 0 spiro atoms. The van der Waals surface area contributed by atoms with Crippen molar-refractivity contribution in [2.24, 2.45) is 0 Å². The van der Waals surface area contributed by atoms with E-state index in [1.165, 1.54) is 64.2 Å². The normalized spacial score (nSPS) is 9.77. The van der Waals surface area contributed by atoms with E-state index in [4.69, 9.17) is 15.3 Å². The summed E-state index contributed by atoms with van der Waals surface area (Å²) >= 11 is 0. The fourth-order valence-electron chi connectivity index (χ4n) is 2.82. The van der Waals surface area contributed by atoms with Crippen molar-refractivity contribution >= 4 is 17.9 Å². The molecule has 0 heterocycles. The van der Waals surface area contributed by atoms with E-state index in [1.807, 2.05) is 0 Å². The van der Waals surface area contributed by atoms with Crippen LogP contribution in [0, 0.1) is 0 Å². The SMILES string of the molecule is CCCCCCCC(=O)O.CCCCCCCC(=O)O.CCCCCCCCC(=O)O. The molecule has 0 rings (SSSR count). The van der Waals surface area contributed by atoms with E-state index in [1.54, 1.807) is 0 Å². The Morgan fingerprint density at radius 3 is 0.774 bits per heavy atom. The molecule has 0 saturated heterocycles. The minimum atomic E-state index is -0.670. The predicted molar refractivity (Wildman–Crippen MR) is 128 cm³/mol. The third kappa shape index (κ3) is 47.6. The molecule has 0 atom stereocenters. The lowest BCUT2D eigenvalue weighted by Gasteiger charge is -1.97. The fourth-order valence-corrected chi connectivity index (χ4v) is 2.82. The summed E-state index contributed by atoms with van der Waals surface area (Å²) in [7, 11) is 0. The third-order valence-electron chi connectivity index (χ3n) is 4.73. The molecular weight excluding hydrogens is 396 g/mol. The van der Waals surface area contributed by atoms with Gasteiger partial charge in [0.2, 0.25) is 0 Å². The topological polar surface area (TPSA) is 112 Å². The Labute approximate surface area is 190 Å². The quantitative estimate of drug-likeness (QED) is 0.175. The molecule has 0 unspecified atom stereocenters. The molecule has 0 aromatic carbocycles. The molecule has 0 amide bonds. The van der Waals surface area contributed by atoms with Crippen molar-refractivity contribution in [2.45, 2.75) is 143 Å². The van der Waals surface area contributed by atoms with Gasteiger partial charge in [0.25, 0.3) is 0 Å². The molecule has 0 saturated carbocycles. The number of hydrogen-bond donors (Lipinski definition) is 3. The lowest BCUT2D eigenvalue weighted by Crippen LogP contribution is -1.93. The Kier molecular flexibility index (Phi) is 33.6. The second kappa shape index (κ2) is 30.6. The van der Waals surface area contributed by atoms with Crippen molar-refractivity contribution in [3.05, 3.63) is 0 Å². The number of carboxylic acid groups (broad SMARTS) is 3. The maximum absolute atomic E-state index is 10.1. The number of rotatable bonds is 19. The second-order valence-corrected chi connectivity index (χ2v) is 8.03. The first-order chi connectivity index (χ1) is 14.8. The van der Waals surface area contributed by atoms with E-state index in [0.29, 0.717) is 19.3 Å². The highest BCUT2D eigenvalue weighted by molar-refractivity contribution is 5.67. The molecular formula is C25H50O6. The Bertz CT molecular complexity index is 371. The van der Waals surface area contributed by atoms with Gasteiger partial charge in [-0.25, -0.2) is 0 Å². The average molecular weight is 447 g/mol. The minimum Gasteiger partial charge on any atom is -0.481 e. The van der Waals surface area contributed by atoms with Crippen molar-refractivity contribution in [1.82, 2.24) is 0 Å². The lowest BCUT2D eigenvalue weighted by atomic mass is 10.1. The van der Waals surface area contributed by atoms with Gasteiger partial charge in [0.1, 0.15) is 0 Å². The molecule has 0 aliphatic carbocycles. The molecule has 186 valence electrons. The highest BCUT2D eigenvalue weighted by Crippen LogP contribution is 2.06. The minimum absolute atomic E-state index is 0.337. The van der Waals surface area contributed by atoms with E-state index >= 15 is 0 Å². The maximum Gasteiger partial charge on any atom is 0.303 e. The Morgan fingerprint density at radius 2 is 0.581 bits per heavy atom. The molecule has 0 radical (unpaired) electrons. The van der Waals surface area contributed by atoms with Crippen molar-refractivity contribution in [3.63, 3.8) is 0 Å². The van der Waals surface area contributed by atoms with Crippen molar-refractivity contribution < 1.29 is 29.7 Å². The monoisotopic (exact) mass is 446 g/mol. The summed E-state index contributed by atoms with van der Waals surface area (Å²) in [5.41, 5.74) is 0. The summed E-state index contributed by atoms with van der Waals surface area (Å²) in [4.78, 5) is 30.2. The zero-order valence-electron chi connectivity index (χ0n) is 20.5. The van der Waals surface area contributed by atoms with Crippen molar-refractivity contribution in [3.8, 4) is 0 Å². The van der Waals surface area contributed by atoms with Crippen LogP contribution in [0.1, 0.15) is 143 Å². The number of unbranched alkanes of at least 4 members (excludes halogenated alkanes) is 13. The standard InChI is InChI=1S/C9H18O2.2C8H16O2/c1-2-3-4-5-6-7-8-9(10)11;2*1-2-3-4-5-6-7-8(9)10/h2-8H2,1H3,(H,10,11);2*2-7H2,1H3,(H,9,10). The number of carboxylic acids is 3. The Morgan fingerprint density at radius 1 is 0.387 bits per heavy atom. The van der Waals surface area contributed by atoms with Crippen LogP contribution in [0.25, 0.3) is 0 Å². The summed E-state index contributed by atoms with van der Waals surface area (Å²) in [5.74, 6) is -2.01. The van der Waals surface area contributed by atoms with Gasteiger partial charge in [-0.1, -0.05) is 104 Å². The molecule has 0 bridgehead atoms. The Hall–Kier alpha value is -1.59. The first kappa shape index (κ1) is 34.0. The Balaban J connectivity index is -0.000000380. The number of aliphatic carboxylic acids is 3. The highest BCUT2D eigenvalue weighted by atomic mass is 16.4. The van der Waals surface area contributed by atoms with Crippen LogP contribution in [-0.4, -0.2) is 33.2 Å². The van der Waals surface area contributed by atoms with Gasteiger partial charge in [-0.3, -0.25) is 14.4 Å². The molecule has 0 fully saturated rings. The summed E-state index contributed by atoms with van der Waals surface area (Å²) in [6.45, 7) is 6.48. The first-order valence-electron chi connectivity index (χ1n) is 12.5. The summed E-state index contributed by atoms with van der Waals surface area (Å²) in [5, 5.41) is 24.9. The molecule has 3 N–H and O–H groups in total. The van der Waals surface area contributed by atoms with Gasteiger partial charge in [0, 0.05) is 19.3 Å². The fraction of sp³-hybridized carbons (Fsp3) is 0.880. The first-order valence-corrected chi connectivity index (χ1v) is 12.5. The van der Waals surface area contributed by atoms with Gasteiger partial charge in [-0.15, -0.1) is 0 Å². The van der Waals surface area contributed by atoms with Gasteiger partial charge in [0.05, 0.1) is 0 Å². The summed E-state index contributed by atoms with van der Waals surface area (Å²) < 4.78 is 0. The molecule has 6 heteroatoms. The van der Waals surface area contributed by atoms with Crippen LogP contribution in [0.5, 0.6) is 0 Å². The smallest absolute Gasteiger partial charge is 0.303 e. The van der Waals surface area contributed by atoms with E-state index in [-0.39, 0.29) is 0 Å². The summed E-state index contributed by atoms with van der Waals surface area (Å²) in [6.07, 6.45) is 19.0. The van der Waals surface area contributed by atoms with Crippen LogP contribution in [0.15, 0.2) is 0 Å². The molecule has 0 aromatic rings. The van der Waals surface area contributed by atoms with Crippen molar-refractivity contribution in [1.29, 1.82) is 0 Å². The lowest BCUT2D eigenvalue weighted by molar-refractivity contribution is -0.138. The van der Waals surface area contributed by atoms with Crippen LogP contribution in [0.2, 0.25) is 0 Å². The molecule has 6 nitrogen and oxygen atoms in total. The number of carbonyl (C=O) groups is 3. The predicted octanol–water partition coefficient (Wildman–Crippen LogP) is 7.68. The van der Waals surface area contributed by atoms with Crippen molar-refractivity contribution in [2.75, 3.05) is 0 Å². The van der Waals surface area contributed by atoms with E-state index in [9.17, 15) is 14.4 Å². The van der Waals surface area contributed by atoms with Crippen LogP contribution in [0.3, 0.4) is 0 Å². The van der Waals surface area contributed by atoms with Crippen LogP contribution >= 0.6 is 0 Å². The molecule has 0 aliphatic rings. The van der Waals surface area contributed by atoms with E-state index in [0.717, 1.165) is 38.5 Å². The third-order valence-corrected chi connectivity index (χ3v) is 4.73. The van der Waals surface area contributed by atoms with Crippen LogP contribution < -0.4 is 0 Å².